The Morgan fingerprint density at radius 2 is 1.56 bits per heavy atom. The minimum atomic E-state index is 1.09. The van der Waals surface area contributed by atoms with E-state index in [1.165, 1.54) is 38.6 Å². The molecule has 0 radical (unpaired) electrons. The van der Waals surface area contributed by atoms with Gasteiger partial charge in [-0.15, -0.1) is 0 Å². The largest absolute Gasteiger partial charge is 0.0616 e. The van der Waals surface area contributed by atoms with Crippen LogP contribution >= 0.6 is 0 Å². The van der Waals surface area contributed by atoms with Crippen LogP contribution in [0.1, 0.15) is 16.7 Å². The lowest BCUT2D eigenvalue weighted by molar-refractivity contribution is 1.22. The second kappa shape index (κ2) is 3.46. The van der Waals surface area contributed by atoms with Gasteiger partial charge in [-0.1, -0.05) is 48.5 Å². The van der Waals surface area contributed by atoms with E-state index in [1.807, 2.05) is 0 Å². The van der Waals surface area contributed by atoms with Gasteiger partial charge in [0.15, 0.2) is 0 Å². The summed E-state index contributed by atoms with van der Waals surface area (Å²) in [6.07, 6.45) is 1.09. The normalized spacial score (nSPS) is 12.5. The zero-order valence-corrected chi connectivity index (χ0v) is 10.4. The Morgan fingerprint density at radius 3 is 2.39 bits per heavy atom. The van der Waals surface area contributed by atoms with Crippen molar-refractivity contribution in [3.8, 4) is 11.1 Å². The predicted octanol–water partition coefficient (Wildman–Crippen LogP) is 4.72. The fraction of sp³-hybridized carbons (Fsp3) is 0.111. The number of rotatable bonds is 0. The minimum absolute atomic E-state index is 1.09. The number of benzene rings is 3. The Morgan fingerprint density at radius 1 is 0.778 bits per heavy atom. The van der Waals surface area contributed by atoms with E-state index in [9.17, 15) is 0 Å². The summed E-state index contributed by atoms with van der Waals surface area (Å²) in [5, 5.41) is 2.69. The molecular formula is C18H14. The summed E-state index contributed by atoms with van der Waals surface area (Å²) in [6.45, 7) is 2.21. The number of fused-ring (bicyclic) bond motifs is 4. The Kier molecular flexibility index (Phi) is 1.90. The Labute approximate surface area is 107 Å². The van der Waals surface area contributed by atoms with Crippen molar-refractivity contribution in [2.45, 2.75) is 13.3 Å². The zero-order chi connectivity index (χ0) is 12.1. The van der Waals surface area contributed by atoms with Crippen molar-refractivity contribution in [2.75, 3.05) is 0 Å². The highest BCUT2D eigenvalue weighted by molar-refractivity contribution is 5.92. The number of aryl methyl sites for hydroxylation is 1. The average Bonchev–Trinajstić information content (AvgIpc) is 2.76. The molecule has 1 aliphatic rings. The highest BCUT2D eigenvalue weighted by Gasteiger charge is 2.19. The third-order valence-corrected chi connectivity index (χ3v) is 4.04. The van der Waals surface area contributed by atoms with Gasteiger partial charge in [-0.2, -0.15) is 0 Å². The lowest BCUT2D eigenvalue weighted by Gasteiger charge is -2.04. The van der Waals surface area contributed by atoms with Crippen molar-refractivity contribution in [1.82, 2.24) is 0 Å². The van der Waals surface area contributed by atoms with Gasteiger partial charge >= 0.3 is 0 Å². The van der Waals surface area contributed by atoms with E-state index >= 15 is 0 Å². The van der Waals surface area contributed by atoms with Crippen molar-refractivity contribution in [1.29, 1.82) is 0 Å². The first kappa shape index (κ1) is 9.90. The van der Waals surface area contributed by atoms with Gasteiger partial charge in [-0.05, 0) is 58.0 Å². The van der Waals surface area contributed by atoms with Gasteiger partial charge in [0.2, 0.25) is 0 Å². The Balaban J connectivity index is 2.06. The first-order valence-corrected chi connectivity index (χ1v) is 6.43. The molecule has 0 nitrogen and oxygen atoms in total. The second-order valence-electron chi connectivity index (χ2n) is 5.13. The monoisotopic (exact) mass is 230 g/mol. The summed E-state index contributed by atoms with van der Waals surface area (Å²) >= 11 is 0. The van der Waals surface area contributed by atoms with Crippen LogP contribution in [0.25, 0.3) is 21.9 Å². The summed E-state index contributed by atoms with van der Waals surface area (Å²) in [7, 11) is 0. The minimum Gasteiger partial charge on any atom is -0.0616 e. The van der Waals surface area contributed by atoms with Crippen molar-refractivity contribution in [3.63, 3.8) is 0 Å². The van der Waals surface area contributed by atoms with E-state index in [1.54, 1.807) is 0 Å². The van der Waals surface area contributed by atoms with Gasteiger partial charge in [0.05, 0.1) is 0 Å². The molecule has 1 aliphatic carbocycles. The average molecular weight is 230 g/mol. The van der Waals surface area contributed by atoms with Crippen LogP contribution in [0.15, 0.2) is 54.6 Å². The van der Waals surface area contributed by atoms with Crippen LogP contribution in [-0.2, 0) is 6.42 Å². The molecule has 0 fully saturated rings. The summed E-state index contributed by atoms with van der Waals surface area (Å²) in [4.78, 5) is 0. The highest BCUT2D eigenvalue weighted by Crippen LogP contribution is 2.40. The molecule has 3 aromatic carbocycles. The molecular weight excluding hydrogens is 216 g/mol. The Bertz CT molecular complexity index is 766. The van der Waals surface area contributed by atoms with Gasteiger partial charge < -0.3 is 0 Å². The van der Waals surface area contributed by atoms with Crippen LogP contribution < -0.4 is 0 Å². The van der Waals surface area contributed by atoms with Crippen LogP contribution in [0.2, 0.25) is 0 Å². The van der Waals surface area contributed by atoms with Crippen molar-refractivity contribution >= 4 is 10.8 Å². The summed E-state index contributed by atoms with van der Waals surface area (Å²) in [5.74, 6) is 0. The van der Waals surface area contributed by atoms with Crippen molar-refractivity contribution in [3.05, 3.63) is 71.3 Å². The predicted molar refractivity (Wildman–Crippen MR) is 76.9 cm³/mol. The lowest BCUT2D eigenvalue weighted by atomic mass is 10.0. The van der Waals surface area contributed by atoms with Crippen molar-refractivity contribution in [2.24, 2.45) is 0 Å². The van der Waals surface area contributed by atoms with E-state index < -0.39 is 0 Å². The van der Waals surface area contributed by atoms with Crippen LogP contribution in [-0.4, -0.2) is 0 Å². The maximum absolute atomic E-state index is 2.35. The molecule has 86 valence electrons. The fourth-order valence-electron chi connectivity index (χ4n) is 3.06. The maximum Gasteiger partial charge on any atom is -0.00106 e. The molecule has 0 heteroatoms. The molecule has 0 bridgehead atoms. The third kappa shape index (κ3) is 1.26. The molecule has 3 aromatic rings. The molecule has 0 amide bonds. The maximum atomic E-state index is 2.35. The summed E-state index contributed by atoms with van der Waals surface area (Å²) in [6, 6.07) is 19.9. The molecule has 0 unspecified atom stereocenters. The van der Waals surface area contributed by atoms with Gasteiger partial charge in [-0.3, -0.25) is 0 Å². The van der Waals surface area contributed by atoms with E-state index in [0.717, 1.165) is 6.42 Å². The smallest absolute Gasteiger partial charge is 0.00106 e. The molecule has 0 atom stereocenters. The van der Waals surface area contributed by atoms with Gasteiger partial charge in [-0.25, -0.2) is 0 Å². The van der Waals surface area contributed by atoms with E-state index in [-0.39, 0.29) is 0 Å². The first-order valence-electron chi connectivity index (χ1n) is 6.43. The first-order chi connectivity index (χ1) is 8.83. The molecule has 0 aliphatic heterocycles. The molecule has 18 heavy (non-hydrogen) atoms. The quantitative estimate of drug-likeness (QED) is 0.410. The van der Waals surface area contributed by atoms with E-state index in [2.05, 4.69) is 61.5 Å². The van der Waals surface area contributed by atoms with Crippen molar-refractivity contribution < 1.29 is 0 Å². The zero-order valence-electron chi connectivity index (χ0n) is 10.4. The van der Waals surface area contributed by atoms with Crippen LogP contribution in [0.4, 0.5) is 0 Å². The number of hydrogen-bond donors (Lipinski definition) is 0. The van der Waals surface area contributed by atoms with E-state index in [0.29, 0.717) is 0 Å². The van der Waals surface area contributed by atoms with Crippen LogP contribution in [0.3, 0.4) is 0 Å². The second-order valence-corrected chi connectivity index (χ2v) is 5.13. The SMILES string of the molecule is Cc1cccc2c1Cc1cc3ccccc3cc1-2. The summed E-state index contributed by atoms with van der Waals surface area (Å²) in [5.41, 5.74) is 7.23. The molecule has 0 N–H and O–H groups in total. The topological polar surface area (TPSA) is 0 Å². The molecule has 0 saturated carbocycles. The molecule has 4 rings (SSSR count). The Hall–Kier alpha value is -2.08. The molecule has 0 saturated heterocycles. The van der Waals surface area contributed by atoms with Gasteiger partial charge in [0.25, 0.3) is 0 Å². The standard InChI is InChI=1S/C18H14/c1-12-5-4-8-16-17(12)11-15-9-13-6-2-3-7-14(13)10-18(15)16/h2-10H,11H2,1H3. The fourth-order valence-corrected chi connectivity index (χ4v) is 3.06. The molecule has 0 spiro atoms. The molecule has 0 aromatic heterocycles. The third-order valence-electron chi connectivity index (χ3n) is 4.04. The van der Waals surface area contributed by atoms with Gasteiger partial charge in [0.1, 0.15) is 0 Å². The number of hydrogen-bond acceptors (Lipinski definition) is 0. The van der Waals surface area contributed by atoms with Gasteiger partial charge in [0, 0.05) is 0 Å². The van der Waals surface area contributed by atoms with Crippen LogP contribution in [0.5, 0.6) is 0 Å². The van der Waals surface area contributed by atoms with Crippen LogP contribution in [0, 0.1) is 6.92 Å². The van der Waals surface area contributed by atoms with E-state index in [4.69, 9.17) is 0 Å². The highest BCUT2D eigenvalue weighted by atomic mass is 14.2. The lowest BCUT2D eigenvalue weighted by Crippen LogP contribution is -1.84. The molecule has 0 heterocycles. The summed E-state index contributed by atoms with van der Waals surface area (Å²) < 4.78 is 0.